The van der Waals surface area contributed by atoms with Crippen LogP contribution in [0.4, 0.5) is 0 Å². The molecule has 0 radical (unpaired) electrons. The number of esters is 1. The Bertz CT molecular complexity index is 1250. The number of carbonyl (C=O) groups is 1. The molecule has 7 heteroatoms. The van der Waals surface area contributed by atoms with E-state index in [0.717, 1.165) is 27.7 Å². The molecule has 0 amide bonds. The fourth-order valence-electron chi connectivity index (χ4n) is 4.51. The van der Waals surface area contributed by atoms with Gasteiger partial charge in [-0.05, 0) is 24.1 Å². The molecule has 6 nitrogen and oxygen atoms in total. The summed E-state index contributed by atoms with van der Waals surface area (Å²) in [6.07, 6.45) is 0.0127. The zero-order valence-electron chi connectivity index (χ0n) is 15.9. The second-order valence-electron chi connectivity index (χ2n) is 7.61. The zero-order valence-corrected chi connectivity index (χ0v) is 16.6. The van der Waals surface area contributed by atoms with E-state index in [9.17, 15) is 14.7 Å². The summed E-state index contributed by atoms with van der Waals surface area (Å²) in [5, 5.41) is 12.1. The molecule has 0 spiro atoms. The number of fused-ring (bicyclic) bond motifs is 5. The molecular weight excluding hydrogens is 392 g/mol. The Morgan fingerprint density at radius 2 is 2.10 bits per heavy atom. The first-order chi connectivity index (χ1) is 14.0. The average molecular weight is 411 g/mol. The van der Waals surface area contributed by atoms with E-state index in [1.165, 1.54) is 0 Å². The molecule has 0 fully saturated rings. The van der Waals surface area contributed by atoms with Gasteiger partial charge in [-0.25, -0.2) is 4.98 Å². The molecule has 2 aromatic heterocycles. The van der Waals surface area contributed by atoms with Crippen molar-refractivity contribution in [2.24, 2.45) is 0 Å². The van der Waals surface area contributed by atoms with E-state index >= 15 is 0 Å². The summed E-state index contributed by atoms with van der Waals surface area (Å²) in [4.78, 5) is 30.3. The predicted octanol–water partition coefficient (Wildman–Crippen LogP) is 3.21. The number of pyridine rings is 2. The number of cyclic esters (lactones) is 1. The van der Waals surface area contributed by atoms with Crippen molar-refractivity contribution in [3.63, 3.8) is 0 Å². The minimum Gasteiger partial charge on any atom is -0.461 e. The molecule has 1 unspecified atom stereocenters. The molecule has 1 aromatic carbocycles. The molecule has 4 heterocycles. The van der Waals surface area contributed by atoms with Crippen LogP contribution in [-0.2, 0) is 34.2 Å². The number of halogens is 1. The number of benzene rings is 1. The molecule has 0 aliphatic carbocycles. The second kappa shape index (κ2) is 6.40. The van der Waals surface area contributed by atoms with Gasteiger partial charge in [-0.3, -0.25) is 9.59 Å². The van der Waals surface area contributed by atoms with Crippen LogP contribution in [0.3, 0.4) is 0 Å². The monoisotopic (exact) mass is 410 g/mol. The Hall–Kier alpha value is -2.70. The van der Waals surface area contributed by atoms with Gasteiger partial charge in [-0.2, -0.15) is 0 Å². The number of aliphatic hydroxyl groups is 1. The van der Waals surface area contributed by atoms with Crippen LogP contribution < -0.4 is 5.56 Å². The lowest BCUT2D eigenvalue weighted by Crippen LogP contribution is -2.37. The third kappa shape index (κ3) is 2.56. The Morgan fingerprint density at radius 3 is 2.86 bits per heavy atom. The number of alkyl halides is 1. The van der Waals surface area contributed by atoms with Gasteiger partial charge in [-0.15, -0.1) is 11.6 Å². The highest BCUT2D eigenvalue weighted by atomic mass is 35.5. The van der Waals surface area contributed by atoms with Crippen LogP contribution in [0.2, 0.25) is 0 Å². The average Bonchev–Trinajstić information content (AvgIpc) is 3.02. The summed E-state index contributed by atoms with van der Waals surface area (Å²) < 4.78 is 6.88. The van der Waals surface area contributed by atoms with Crippen LogP contribution in [0, 0.1) is 0 Å². The summed E-state index contributed by atoms with van der Waals surface area (Å²) in [5.41, 5.74) is 3.02. The lowest BCUT2D eigenvalue weighted by atomic mass is 9.86. The number of aromatic nitrogens is 2. The minimum absolute atomic E-state index is 0.0369. The van der Waals surface area contributed by atoms with Crippen LogP contribution in [0.25, 0.3) is 22.3 Å². The van der Waals surface area contributed by atoms with Gasteiger partial charge in [-0.1, -0.05) is 25.1 Å². The lowest BCUT2D eigenvalue weighted by Gasteiger charge is -2.25. The highest BCUT2D eigenvalue weighted by Gasteiger charge is 2.40. The normalized spacial score (nSPS) is 20.0. The molecule has 1 atom stereocenters. The number of ether oxygens (including phenoxy) is 1. The largest absolute Gasteiger partial charge is 0.461 e. The fraction of sp³-hybridized carbons (Fsp3) is 0.318. The summed E-state index contributed by atoms with van der Waals surface area (Å²) in [7, 11) is 0. The summed E-state index contributed by atoms with van der Waals surface area (Å²) in [5.74, 6) is -0.200. The fourth-order valence-corrected chi connectivity index (χ4v) is 4.82. The first kappa shape index (κ1) is 18.3. The Balaban J connectivity index is 1.81. The Morgan fingerprint density at radius 1 is 1.31 bits per heavy atom. The number of rotatable bonds is 2. The molecular formula is C22H19ClN2O4. The summed E-state index contributed by atoms with van der Waals surface area (Å²) in [6.45, 7) is 2.06. The topological polar surface area (TPSA) is 81.4 Å². The number of hydrogen-bond donors (Lipinski definition) is 1. The van der Waals surface area contributed by atoms with Crippen LogP contribution in [0.5, 0.6) is 0 Å². The van der Waals surface area contributed by atoms with E-state index in [4.69, 9.17) is 21.3 Å². The summed E-state index contributed by atoms with van der Waals surface area (Å²) in [6, 6.07) is 9.59. The molecule has 2 aliphatic rings. The van der Waals surface area contributed by atoms with Crippen molar-refractivity contribution < 1.29 is 14.6 Å². The van der Waals surface area contributed by atoms with E-state index in [2.05, 4.69) is 0 Å². The van der Waals surface area contributed by atoms with Gasteiger partial charge in [0.2, 0.25) is 0 Å². The van der Waals surface area contributed by atoms with E-state index in [1.807, 2.05) is 30.3 Å². The molecule has 0 bridgehead atoms. The quantitative estimate of drug-likeness (QED) is 0.405. The van der Waals surface area contributed by atoms with Crippen LogP contribution in [-0.4, -0.2) is 20.6 Å². The van der Waals surface area contributed by atoms with Crippen LogP contribution in [0.1, 0.15) is 42.0 Å². The number of para-hydroxylation sites is 1. The lowest BCUT2D eigenvalue weighted by molar-refractivity contribution is -0.149. The van der Waals surface area contributed by atoms with Gasteiger partial charge >= 0.3 is 5.97 Å². The number of hydrogen-bond acceptors (Lipinski definition) is 5. The van der Waals surface area contributed by atoms with Crippen molar-refractivity contribution in [2.75, 3.05) is 0 Å². The van der Waals surface area contributed by atoms with Crippen LogP contribution >= 0.6 is 11.6 Å². The van der Waals surface area contributed by atoms with E-state index in [-0.39, 0.29) is 30.6 Å². The summed E-state index contributed by atoms with van der Waals surface area (Å²) >= 11 is 6.29. The number of carbonyl (C=O) groups excluding carboxylic acids is 1. The molecule has 5 rings (SSSR count). The maximum Gasteiger partial charge on any atom is 0.309 e. The number of nitrogens with zero attached hydrogens (tertiary/aromatic N) is 2. The van der Waals surface area contributed by atoms with E-state index in [1.54, 1.807) is 11.5 Å². The van der Waals surface area contributed by atoms with E-state index < -0.39 is 11.6 Å². The van der Waals surface area contributed by atoms with Gasteiger partial charge in [0.25, 0.3) is 5.56 Å². The maximum atomic E-state index is 13.5. The van der Waals surface area contributed by atoms with Crippen molar-refractivity contribution in [2.45, 2.75) is 44.4 Å². The minimum atomic E-state index is -1.54. The first-order valence-corrected chi connectivity index (χ1v) is 10.1. The second-order valence-corrected chi connectivity index (χ2v) is 7.88. The SMILES string of the molecule is CCC1(O)CC(=O)OCc2cc3n(c(=O)c21)Cc1c-3nc2ccccc2c1CCl. The maximum absolute atomic E-state index is 13.5. The Kier molecular flexibility index (Phi) is 4.05. The van der Waals surface area contributed by atoms with Crippen molar-refractivity contribution in [1.82, 2.24) is 9.55 Å². The standard InChI is InChI=1S/C22H19ClN2O4/c1-2-22(28)8-18(26)29-11-12-7-17-20-15(10-25(17)21(27)19(12)22)14(9-23)13-5-3-4-6-16(13)24-20/h3-7,28H,2,8-11H2,1H3. The zero-order chi connectivity index (χ0) is 20.3. The van der Waals surface area contributed by atoms with Crippen molar-refractivity contribution in [3.05, 3.63) is 62.9 Å². The smallest absolute Gasteiger partial charge is 0.309 e. The van der Waals surface area contributed by atoms with Gasteiger partial charge in [0.15, 0.2) is 0 Å². The predicted molar refractivity (Wildman–Crippen MR) is 109 cm³/mol. The van der Waals surface area contributed by atoms with Gasteiger partial charge < -0.3 is 14.4 Å². The molecule has 0 saturated heterocycles. The molecule has 0 saturated carbocycles. The highest BCUT2D eigenvalue weighted by molar-refractivity contribution is 6.18. The van der Waals surface area contributed by atoms with Crippen molar-refractivity contribution in [3.8, 4) is 11.4 Å². The first-order valence-electron chi connectivity index (χ1n) is 9.59. The molecule has 2 aliphatic heterocycles. The highest BCUT2D eigenvalue weighted by Crippen LogP contribution is 2.39. The van der Waals surface area contributed by atoms with Crippen molar-refractivity contribution in [1.29, 1.82) is 0 Å². The van der Waals surface area contributed by atoms with Crippen molar-refractivity contribution >= 4 is 28.5 Å². The molecule has 1 N–H and O–H groups in total. The third-order valence-corrected chi connectivity index (χ3v) is 6.33. The van der Waals surface area contributed by atoms with E-state index in [0.29, 0.717) is 23.7 Å². The third-order valence-electron chi connectivity index (χ3n) is 6.06. The van der Waals surface area contributed by atoms with Gasteiger partial charge in [0.05, 0.1) is 35.4 Å². The van der Waals surface area contributed by atoms with Gasteiger partial charge in [0, 0.05) is 22.4 Å². The Labute approximate surface area is 171 Å². The van der Waals surface area contributed by atoms with Gasteiger partial charge in [0.1, 0.15) is 12.2 Å². The molecule has 148 valence electrons. The molecule has 3 aromatic rings. The molecule has 29 heavy (non-hydrogen) atoms. The van der Waals surface area contributed by atoms with Crippen LogP contribution in [0.15, 0.2) is 35.1 Å².